The second-order valence-corrected chi connectivity index (χ2v) is 3.70. The van der Waals surface area contributed by atoms with E-state index >= 15 is 0 Å². The van der Waals surface area contributed by atoms with Crippen molar-refractivity contribution in [1.29, 1.82) is 0 Å². The van der Waals surface area contributed by atoms with Gasteiger partial charge < -0.3 is 15.5 Å². The molecule has 0 heterocycles. The standard InChI is InChI=1S/C12H17NO3/c1-2-10(8-14)13-12(16)7-9-3-5-11(15)6-4-9/h3-6,10,14-15H,2,7-8H2,1H3,(H,13,16)/t10-/m0/s1. The summed E-state index contributed by atoms with van der Waals surface area (Å²) in [4.78, 5) is 11.5. The number of carbonyl (C=O) groups excluding carboxylic acids is 1. The van der Waals surface area contributed by atoms with Crippen LogP contribution in [0.15, 0.2) is 24.3 Å². The minimum atomic E-state index is -0.176. The molecule has 0 radical (unpaired) electrons. The van der Waals surface area contributed by atoms with Crippen molar-refractivity contribution in [3.05, 3.63) is 29.8 Å². The van der Waals surface area contributed by atoms with Gasteiger partial charge >= 0.3 is 0 Å². The van der Waals surface area contributed by atoms with Crippen LogP contribution < -0.4 is 5.32 Å². The zero-order valence-electron chi connectivity index (χ0n) is 9.31. The Labute approximate surface area is 94.9 Å². The monoisotopic (exact) mass is 223 g/mol. The van der Waals surface area contributed by atoms with E-state index < -0.39 is 0 Å². The van der Waals surface area contributed by atoms with Gasteiger partial charge in [-0.25, -0.2) is 0 Å². The van der Waals surface area contributed by atoms with Crippen LogP contribution in [0.25, 0.3) is 0 Å². The number of carbonyl (C=O) groups is 1. The molecule has 4 heteroatoms. The SMILES string of the molecule is CC[C@@H](CO)NC(=O)Cc1ccc(O)cc1. The molecule has 3 N–H and O–H groups in total. The van der Waals surface area contributed by atoms with Crippen LogP contribution >= 0.6 is 0 Å². The van der Waals surface area contributed by atoms with E-state index in [9.17, 15) is 4.79 Å². The average Bonchev–Trinajstić information content (AvgIpc) is 2.29. The van der Waals surface area contributed by atoms with Crippen LogP contribution in [0.1, 0.15) is 18.9 Å². The van der Waals surface area contributed by atoms with Crippen molar-refractivity contribution >= 4 is 5.91 Å². The smallest absolute Gasteiger partial charge is 0.224 e. The lowest BCUT2D eigenvalue weighted by Gasteiger charge is -2.13. The maximum atomic E-state index is 11.5. The Kier molecular flexibility index (Phi) is 4.79. The fourth-order valence-electron chi connectivity index (χ4n) is 1.35. The van der Waals surface area contributed by atoms with Crippen molar-refractivity contribution in [2.24, 2.45) is 0 Å². The lowest BCUT2D eigenvalue weighted by molar-refractivity contribution is -0.121. The van der Waals surface area contributed by atoms with E-state index in [0.29, 0.717) is 6.42 Å². The number of hydrogen-bond donors (Lipinski definition) is 3. The average molecular weight is 223 g/mol. The summed E-state index contributed by atoms with van der Waals surface area (Å²) in [7, 11) is 0. The summed E-state index contributed by atoms with van der Waals surface area (Å²) in [5, 5.41) is 20.7. The third-order valence-electron chi connectivity index (χ3n) is 2.38. The Bertz CT molecular complexity index is 331. The van der Waals surface area contributed by atoms with Gasteiger partial charge in [0.2, 0.25) is 5.91 Å². The molecule has 16 heavy (non-hydrogen) atoms. The second-order valence-electron chi connectivity index (χ2n) is 3.70. The number of aromatic hydroxyl groups is 1. The predicted molar refractivity (Wildman–Crippen MR) is 61.1 cm³/mol. The van der Waals surface area contributed by atoms with Gasteiger partial charge in [0.05, 0.1) is 19.1 Å². The molecule has 0 saturated heterocycles. The van der Waals surface area contributed by atoms with Crippen molar-refractivity contribution in [1.82, 2.24) is 5.32 Å². The number of amides is 1. The Morgan fingerprint density at radius 3 is 2.50 bits per heavy atom. The van der Waals surface area contributed by atoms with E-state index in [1.807, 2.05) is 6.92 Å². The maximum absolute atomic E-state index is 11.5. The molecule has 1 aromatic rings. The molecule has 0 aliphatic carbocycles. The quantitative estimate of drug-likeness (QED) is 0.692. The zero-order valence-corrected chi connectivity index (χ0v) is 9.31. The molecule has 1 rings (SSSR count). The molecule has 0 fully saturated rings. The molecule has 4 nitrogen and oxygen atoms in total. The van der Waals surface area contributed by atoms with E-state index in [-0.39, 0.29) is 30.7 Å². The van der Waals surface area contributed by atoms with Gasteiger partial charge in [-0.3, -0.25) is 4.79 Å². The Balaban J connectivity index is 2.48. The van der Waals surface area contributed by atoms with E-state index in [4.69, 9.17) is 10.2 Å². The molecular formula is C12H17NO3. The number of hydrogen-bond acceptors (Lipinski definition) is 3. The minimum Gasteiger partial charge on any atom is -0.508 e. The second kappa shape index (κ2) is 6.12. The normalized spacial score (nSPS) is 12.1. The largest absolute Gasteiger partial charge is 0.508 e. The summed E-state index contributed by atoms with van der Waals surface area (Å²) in [6.45, 7) is 1.86. The van der Waals surface area contributed by atoms with Gasteiger partial charge in [0.25, 0.3) is 0 Å². The number of aliphatic hydroxyl groups is 1. The fourth-order valence-corrected chi connectivity index (χ4v) is 1.35. The van der Waals surface area contributed by atoms with Crippen molar-refractivity contribution in [3.8, 4) is 5.75 Å². The molecule has 0 aromatic heterocycles. The van der Waals surface area contributed by atoms with Crippen molar-refractivity contribution in [2.75, 3.05) is 6.61 Å². The zero-order chi connectivity index (χ0) is 12.0. The third kappa shape index (κ3) is 3.90. The van der Waals surface area contributed by atoms with Crippen LogP contribution in [0, 0.1) is 0 Å². The van der Waals surface area contributed by atoms with Crippen LogP contribution in [0.4, 0.5) is 0 Å². The molecule has 1 amide bonds. The molecular weight excluding hydrogens is 206 g/mol. The highest BCUT2D eigenvalue weighted by Gasteiger charge is 2.09. The van der Waals surface area contributed by atoms with Crippen molar-refractivity contribution in [2.45, 2.75) is 25.8 Å². The molecule has 88 valence electrons. The van der Waals surface area contributed by atoms with Crippen LogP contribution in [-0.2, 0) is 11.2 Å². The topological polar surface area (TPSA) is 69.6 Å². The van der Waals surface area contributed by atoms with Gasteiger partial charge in [0.1, 0.15) is 5.75 Å². The third-order valence-corrected chi connectivity index (χ3v) is 2.38. The first-order chi connectivity index (χ1) is 7.65. The predicted octanol–water partition coefficient (Wildman–Crippen LogP) is 0.822. The molecule has 0 saturated carbocycles. The molecule has 0 unspecified atom stereocenters. The maximum Gasteiger partial charge on any atom is 0.224 e. The summed E-state index contributed by atoms with van der Waals surface area (Å²) in [6, 6.07) is 6.33. The first kappa shape index (κ1) is 12.5. The van der Waals surface area contributed by atoms with Crippen LogP contribution in [0.5, 0.6) is 5.75 Å². The van der Waals surface area contributed by atoms with Gasteiger partial charge in [-0.1, -0.05) is 19.1 Å². The first-order valence-electron chi connectivity index (χ1n) is 5.33. The van der Waals surface area contributed by atoms with E-state index in [2.05, 4.69) is 5.32 Å². The molecule has 1 atom stereocenters. The number of phenols is 1. The van der Waals surface area contributed by atoms with Gasteiger partial charge in [-0.05, 0) is 24.1 Å². The Hall–Kier alpha value is -1.55. The van der Waals surface area contributed by atoms with Crippen LogP contribution in [0.2, 0.25) is 0 Å². The number of benzene rings is 1. The highest BCUT2D eigenvalue weighted by atomic mass is 16.3. The number of rotatable bonds is 5. The van der Waals surface area contributed by atoms with Crippen molar-refractivity contribution in [3.63, 3.8) is 0 Å². The van der Waals surface area contributed by atoms with E-state index in [1.54, 1.807) is 24.3 Å². The van der Waals surface area contributed by atoms with Crippen molar-refractivity contribution < 1.29 is 15.0 Å². The van der Waals surface area contributed by atoms with E-state index in [0.717, 1.165) is 5.56 Å². The highest BCUT2D eigenvalue weighted by molar-refractivity contribution is 5.78. The summed E-state index contributed by atoms with van der Waals surface area (Å²) < 4.78 is 0. The summed E-state index contributed by atoms with van der Waals surface area (Å²) in [5.41, 5.74) is 0.836. The molecule has 0 spiro atoms. The van der Waals surface area contributed by atoms with Gasteiger partial charge in [0, 0.05) is 0 Å². The first-order valence-corrected chi connectivity index (χ1v) is 5.33. The molecule has 1 aromatic carbocycles. The summed E-state index contributed by atoms with van der Waals surface area (Å²) in [6.07, 6.45) is 0.967. The number of aliphatic hydroxyl groups excluding tert-OH is 1. The van der Waals surface area contributed by atoms with Gasteiger partial charge in [0.15, 0.2) is 0 Å². The van der Waals surface area contributed by atoms with Gasteiger partial charge in [-0.15, -0.1) is 0 Å². The fraction of sp³-hybridized carbons (Fsp3) is 0.417. The molecule has 0 aliphatic rings. The van der Waals surface area contributed by atoms with Gasteiger partial charge in [-0.2, -0.15) is 0 Å². The van der Waals surface area contributed by atoms with E-state index in [1.165, 1.54) is 0 Å². The summed E-state index contributed by atoms with van der Waals surface area (Å²) in [5.74, 6) is 0.0672. The van der Waals surface area contributed by atoms with Crippen LogP contribution in [0.3, 0.4) is 0 Å². The highest BCUT2D eigenvalue weighted by Crippen LogP contribution is 2.10. The number of nitrogens with one attached hydrogen (secondary N) is 1. The summed E-state index contributed by atoms with van der Waals surface area (Å²) >= 11 is 0. The van der Waals surface area contributed by atoms with Crippen LogP contribution in [-0.4, -0.2) is 28.8 Å². The lowest BCUT2D eigenvalue weighted by atomic mass is 10.1. The lowest BCUT2D eigenvalue weighted by Crippen LogP contribution is -2.37. The Morgan fingerprint density at radius 1 is 1.38 bits per heavy atom. The molecule has 0 bridgehead atoms. The number of phenolic OH excluding ortho intramolecular Hbond substituents is 1. The Morgan fingerprint density at radius 2 is 2.00 bits per heavy atom. The minimum absolute atomic E-state index is 0.0438. The molecule has 0 aliphatic heterocycles.